The van der Waals surface area contributed by atoms with Crippen LogP contribution in [0.3, 0.4) is 0 Å². The Kier molecular flexibility index (Phi) is 4.78. The summed E-state index contributed by atoms with van der Waals surface area (Å²) in [4.78, 5) is 26.6. The van der Waals surface area contributed by atoms with Crippen LogP contribution in [0.1, 0.15) is 64.2 Å². The Labute approximate surface area is 150 Å². The van der Waals surface area contributed by atoms with E-state index < -0.39 is 5.60 Å². The van der Waals surface area contributed by atoms with Crippen LogP contribution in [0.25, 0.3) is 0 Å². The fourth-order valence-corrected chi connectivity index (χ4v) is 4.81. The number of hydrogen-bond donors (Lipinski definition) is 2. The lowest BCUT2D eigenvalue weighted by molar-refractivity contribution is -0.157. The molecule has 1 aliphatic heterocycles. The van der Waals surface area contributed by atoms with E-state index in [9.17, 15) is 14.7 Å². The third-order valence-corrected chi connectivity index (χ3v) is 7.22. The summed E-state index contributed by atoms with van der Waals surface area (Å²) < 4.78 is 0. The van der Waals surface area contributed by atoms with Gasteiger partial charge in [0.2, 0.25) is 11.8 Å². The Morgan fingerprint density at radius 2 is 1.56 bits per heavy atom. The van der Waals surface area contributed by atoms with Gasteiger partial charge in [0, 0.05) is 18.9 Å². The van der Waals surface area contributed by atoms with Gasteiger partial charge in [-0.25, -0.2) is 0 Å². The van der Waals surface area contributed by atoms with Gasteiger partial charge in [-0.1, -0.05) is 19.3 Å². The first-order valence-electron chi connectivity index (χ1n) is 10.3. The van der Waals surface area contributed by atoms with Gasteiger partial charge in [-0.05, 0) is 56.3 Å². The second kappa shape index (κ2) is 6.90. The summed E-state index contributed by atoms with van der Waals surface area (Å²) in [5, 5.41) is 13.6. The minimum Gasteiger partial charge on any atom is -0.384 e. The van der Waals surface area contributed by atoms with Crippen LogP contribution in [0.5, 0.6) is 0 Å². The first-order chi connectivity index (χ1) is 12.0. The number of hydrogen-bond acceptors (Lipinski definition) is 3. The highest BCUT2D eigenvalue weighted by Crippen LogP contribution is 2.44. The van der Waals surface area contributed by atoms with Crippen molar-refractivity contribution in [2.75, 3.05) is 19.6 Å². The maximum atomic E-state index is 12.7. The molecule has 3 aliphatic carbocycles. The quantitative estimate of drug-likeness (QED) is 0.740. The Hall–Kier alpha value is -1.10. The number of likely N-dealkylation sites (tertiary alicyclic amines) is 1. The topological polar surface area (TPSA) is 69.6 Å². The highest BCUT2D eigenvalue weighted by Gasteiger charge is 2.46. The van der Waals surface area contributed by atoms with Crippen molar-refractivity contribution in [2.24, 2.45) is 23.7 Å². The van der Waals surface area contributed by atoms with E-state index >= 15 is 0 Å². The largest absolute Gasteiger partial charge is 0.384 e. The minimum atomic E-state index is -0.922. The Morgan fingerprint density at radius 3 is 2.00 bits per heavy atom. The van der Waals surface area contributed by atoms with Crippen LogP contribution >= 0.6 is 0 Å². The lowest BCUT2D eigenvalue weighted by Gasteiger charge is -2.48. The molecule has 0 radical (unpaired) electrons. The van der Waals surface area contributed by atoms with Gasteiger partial charge >= 0.3 is 0 Å². The molecule has 4 fully saturated rings. The molecule has 2 N–H and O–H groups in total. The third kappa shape index (κ3) is 3.57. The van der Waals surface area contributed by atoms with E-state index in [1.807, 2.05) is 0 Å². The number of carbonyl (C=O) groups excluding carboxylic acids is 2. The average molecular weight is 348 g/mol. The molecule has 5 heteroatoms. The van der Waals surface area contributed by atoms with E-state index in [-0.39, 0.29) is 24.3 Å². The maximum Gasteiger partial charge on any atom is 0.223 e. The first kappa shape index (κ1) is 17.3. The number of nitrogens with zero attached hydrogens (tertiary/aromatic N) is 1. The van der Waals surface area contributed by atoms with E-state index in [0.717, 1.165) is 0 Å². The average Bonchev–Trinajstić information content (AvgIpc) is 2.41. The summed E-state index contributed by atoms with van der Waals surface area (Å²) in [6.07, 6.45) is 11.5. The first-order valence-corrected chi connectivity index (χ1v) is 10.3. The molecule has 0 spiro atoms. The van der Waals surface area contributed by atoms with Crippen LogP contribution in [-0.4, -0.2) is 47.1 Å². The van der Waals surface area contributed by atoms with Crippen molar-refractivity contribution in [3.63, 3.8) is 0 Å². The second-order valence-corrected chi connectivity index (χ2v) is 9.10. The second-order valence-electron chi connectivity index (χ2n) is 9.10. The SMILES string of the molecule is O=C(NCC1(O)CN(C(=O)CC2CCC2)C1)C(C1CCC1)C1CCC1. The monoisotopic (exact) mass is 348 g/mol. The van der Waals surface area contributed by atoms with Crippen molar-refractivity contribution in [1.82, 2.24) is 10.2 Å². The number of aliphatic hydroxyl groups is 1. The number of carbonyl (C=O) groups is 2. The van der Waals surface area contributed by atoms with Gasteiger partial charge in [0.1, 0.15) is 5.60 Å². The van der Waals surface area contributed by atoms with Gasteiger partial charge in [0.15, 0.2) is 0 Å². The van der Waals surface area contributed by atoms with Crippen LogP contribution in [-0.2, 0) is 9.59 Å². The summed E-state index contributed by atoms with van der Waals surface area (Å²) in [6.45, 7) is 1.03. The predicted octanol–water partition coefficient (Wildman–Crippen LogP) is 2.08. The van der Waals surface area contributed by atoms with Gasteiger partial charge in [0.05, 0.1) is 13.1 Å². The van der Waals surface area contributed by atoms with Crippen molar-refractivity contribution in [1.29, 1.82) is 0 Å². The summed E-state index contributed by atoms with van der Waals surface area (Å²) in [5.74, 6) is 2.14. The number of amides is 2. The van der Waals surface area contributed by atoms with Gasteiger partial charge < -0.3 is 15.3 Å². The molecule has 1 heterocycles. The molecule has 4 rings (SSSR count). The fourth-order valence-electron chi connectivity index (χ4n) is 4.81. The molecule has 140 valence electrons. The molecular weight excluding hydrogens is 316 g/mol. The normalized spacial score (nSPS) is 26.4. The van der Waals surface area contributed by atoms with Crippen molar-refractivity contribution < 1.29 is 14.7 Å². The lowest BCUT2D eigenvalue weighted by atomic mass is 9.64. The zero-order chi connectivity index (χ0) is 17.4. The lowest BCUT2D eigenvalue weighted by Crippen LogP contribution is -2.68. The van der Waals surface area contributed by atoms with E-state index in [2.05, 4.69) is 5.32 Å². The van der Waals surface area contributed by atoms with Crippen molar-refractivity contribution in [3.8, 4) is 0 Å². The molecule has 0 aromatic heterocycles. The number of rotatable bonds is 7. The molecule has 0 atom stereocenters. The van der Waals surface area contributed by atoms with Gasteiger partial charge in [0.25, 0.3) is 0 Å². The van der Waals surface area contributed by atoms with Gasteiger partial charge in [-0.15, -0.1) is 0 Å². The molecule has 4 aliphatic rings. The highest BCUT2D eigenvalue weighted by molar-refractivity contribution is 5.80. The molecule has 5 nitrogen and oxygen atoms in total. The fraction of sp³-hybridized carbons (Fsp3) is 0.900. The molecular formula is C20H32N2O3. The van der Waals surface area contributed by atoms with Crippen molar-refractivity contribution >= 4 is 11.8 Å². The van der Waals surface area contributed by atoms with Crippen LogP contribution in [0.15, 0.2) is 0 Å². The molecule has 3 saturated carbocycles. The van der Waals surface area contributed by atoms with E-state index in [1.165, 1.54) is 57.8 Å². The van der Waals surface area contributed by atoms with Gasteiger partial charge in [-0.2, -0.15) is 0 Å². The predicted molar refractivity (Wildman–Crippen MR) is 94.7 cm³/mol. The maximum absolute atomic E-state index is 12.7. The third-order valence-electron chi connectivity index (χ3n) is 7.22. The van der Waals surface area contributed by atoms with Crippen molar-refractivity contribution in [3.05, 3.63) is 0 Å². The van der Waals surface area contributed by atoms with Crippen LogP contribution in [0, 0.1) is 23.7 Å². The summed E-state index contributed by atoms with van der Waals surface area (Å²) >= 11 is 0. The molecule has 0 bridgehead atoms. The molecule has 1 saturated heterocycles. The number of β-amino-alcohol motifs (C(OH)–C–C–N with tert-alkyl or cyclic N) is 1. The Balaban J connectivity index is 1.22. The van der Waals surface area contributed by atoms with Crippen LogP contribution in [0.2, 0.25) is 0 Å². The molecule has 0 aromatic carbocycles. The van der Waals surface area contributed by atoms with E-state index in [1.54, 1.807) is 4.90 Å². The number of nitrogens with one attached hydrogen (secondary N) is 1. The zero-order valence-corrected chi connectivity index (χ0v) is 15.2. The smallest absolute Gasteiger partial charge is 0.223 e. The minimum absolute atomic E-state index is 0.141. The summed E-state index contributed by atoms with van der Waals surface area (Å²) in [5.41, 5.74) is -0.922. The van der Waals surface area contributed by atoms with Gasteiger partial charge in [-0.3, -0.25) is 9.59 Å². The summed E-state index contributed by atoms with van der Waals surface area (Å²) in [6, 6.07) is 0. The summed E-state index contributed by atoms with van der Waals surface area (Å²) in [7, 11) is 0. The zero-order valence-electron chi connectivity index (χ0n) is 15.2. The van der Waals surface area contributed by atoms with E-state index in [0.29, 0.717) is 37.3 Å². The molecule has 2 amide bonds. The van der Waals surface area contributed by atoms with Crippen LogP contribution < -0.4 is 5.32 Å². The van der Waals surface area contributed by atoms with Crippen molar-refractivity contribution in [2.45, 2.75) is 69.8 Å². The Morgan fingerprint density at radius 1 is 1.00 bits per heavy atom. The highest BCUT2D eigenvalue weighted by atomic mass is 16.3. The standard InChI is InChI=1S/C20H32N2O3/c23-17(10-14-4-1-5-14)22-12-20(25,13-22)11-21-19(24)18(15-6-2-7-15)16-8-3-9-16/h14-16,18,25H,1-13H2,(H,21,24). The van der Waals surface area contributed by atoms with Crippen LogP contribution in [0.4, 0.5) is 0 Å². The molecule has 0 aromatic rings. The molecule has 25 heavy (non-hydrogen) atoms. The van der Waals surface area contributed by atoms with E-state index in [4.69, 9.17) is 0 Å². The Bertz CT molecular complexity index is 503. The molecule has 0 unspecified atom stereocenters.